The van der Waals surface area contributed by atoms with Gasteiger partial charge in [0.05, 0.1) is 12.1 Å². The van der Waals surface area contributed by atoms with Crippen molar-refractivity contribution < 1.29 is 9.13 Å². The van der Waals surface area contributed by atoms with E-state index >= 15 is 0 Å². The average Bonchev–Trinajstić information content (AvgIpc) is 2.40. The molecule has 1 aromatic carbocycles. The number of alkyl halides is 1. The summed E-state index contributed by atoms with van der Waals surface area (Å²) >= 11 is 5.79. The molecule has 0 fully saturated rings. The van der Waals surface area contributed by atoms with Gasteiger partial charge in [0.1, 0.15) is 11.6 Å². The van der Waals surface area contributed by atoms with E-state index < -0.39 is 5.82 Å². The molecule has 0 aliphatic heterocycles. The molecular formula is C16H17ClFNO. The van der Waals surface area contributed by atoms with Crippen LogP contribution in [0.25, 0.3) is 0 Å². The third-order valence-electron chi connectivity index (χ3n) is 2.95. The third-order valence-corrected chi connectivity index (χ3v) is 3.24. The molecule has 106 valence electrons. The lowest BCUT2D eigenvalue weighted by Crippen LogP contribution is -2.10. The van der Waals surface area contributed by atoms with Crippen LogP contribution in [0.15, 0.2) is 36.5 Å². The van der Waals surface area contributed by atoms with Crippen molar-refractivity contribution in [3.05, 3.63) is 53.5 Å². The van der Waals surface area contributed by atoms with Gasteiger partial charge in [0, 0.05) is 5.56 Å². The maximum atomic E-state index is 13.1. The van der Waals surface area contributed by atoms with Crippen LogP contribution in [0.1, 0.15) is 31.9 Å². The lowest BCUT2D eigenvalue weighted by atomic mass is 9.87. The minimum absolute atomic E-state index is 0.0326. The SMILES string of the molecule is CC(C)(C)c1cccc(Oc2ncc(F)cc2CCl)c1. The summed E-state index contributed by atoms with van der Waals surface area (Å²) in [6, 6.07) is 9.12. The maximum Gasteiger partial charge on any atom is 0.223 e. The van der Waals surface area contributed by atoms with E-state index in [1.165, 1.54) is 6.07 Å². The molecule has 4 heteroatoms. The molecular weight excluding hydrogens is 277 g/mol. The van der Waals surface area contributed by atoms with Crippen LogP contribution in [0.5, 0.6) is 11.6 Å². The number of nitrogens with zero attached hydrogens (tertiary/aromatic N) is 1. The van der Waals surface area contributed by atoms with E-state index in [1.807, 2.05) is 24.3 Å². The lowest BCUT2D eigenvalue weighted by Gasteiger charge is -2.19. The van der Waals surface area contributed by atoms with Crippen molar-refractivity contribution in [2.24, 2.45) is 0 Å². The van der Waals surface area contributed by atoms with Gasteiger partial charge in [-0.15, -0.1) is 11.6 Å². The van der Waals surface area contributed by atoms with Gasteiger partial charge >= 0.3 is 0 Å². The highest BCUT2D eigenvalue weighted by atomic mass is 35.5. The number of rotatable bonds is 3. The largest absolute Gasteiger partial charge is 0.439 e. The second-order valence-electron chi connectivity index (χ2n) is 5.63. The predicted octanol–water partition coefficient (Wildman–Crippen LogP) is 5.05. The summed E-state index contributed by atoms with van der Waals surface area (Å²) < 4.78 is 18.8. The Morgan fingerprint density at radius 2 is 2.00 bits per heavy atom. The minimum atomic E-state index is -0.420. The highest BCUT2D eigenvalue weighted by Gasteiger charge is 2.15. The summed E-state index contributed by atoms with van der Waals surface area (Å²) in [7, 11) is 0. The quantitative estimate of drug-likeness (QED) is 0.739. The van der Waals surface area contributed by atoms with Gasteiger partial charge in [-0.3, -0.25) is 0 Å². The molecule has 0 bridgehead atoms. The second kappa shape index (κ2) is 5.80. The fourth-order valence-corrected chi connectivity index (χ4v) is 1.99. The molecule has 2 nitrogen and oxygen atoms in total. The Balaban J connectivity index is 2.31. The normalized spacial score (nSPS) is 11.4. The van der Waals surface area contributed by atoms with Crippen molar-refractivity contribution in [3.63, 3.8) is 0 Å². The number of ether oxygens (including phenoxy) is 1. The third kappa shape index (κ3) is 3.48. The van der Waals surface area contributed by atoms with Crippen LogP contribution < -0.4 is 4.74 Å². The van der Waals surface area contributed by atoms with Crippen LogP contribution in [0, 0.1) is 5.82 Å². The summed E-state index contributed by atoms with van der Waals surface area (Å²) in [5, 5.41) is 0. The smallest absolute Gasteiger partial charge is 0.223 e. The lowest BCUT2D eigenvalue weighted by molar-refractivity contribution is 0.451. The Hall–Kier alpha value is -1.61. The molecule has 0 saturated heterocycles. The second-order valence-corrected chi connectivity index (χ2v) is 5.90. The van der Waals surface area contributed by atoms with E-state index in [9.17, 15) is 4.39 Å². The van der Waals surface area contributed by atoms with Gasteiger partial charge in [-0.2, -0.15) is 0 Å². The van der Waals surface area contributed by atoms with Crippen LogP contribution in [-0.4, -0.2) is 4.98 Å². The minimum Gasteiger partial charge on any atom is -0.439 e. The van der Waals surface area contributed by atoms with Gasteiger partial charge in [-0.25, -0.2) is 9.37 Å². The Morgan fingerprint density at radius 1 is 1.25 bits per heavy atom. The summed E-state index contributed by atoms with van der Waals surface area (Å²) in [6.45, 7) is 6.39. The van der Waals surface area contributed by atoms with Crippen molar-refractivity contribution in [1.29, 1.82) is 0 Å². The van der Waals surface area contributed by atoms with E-state index in [-0.39, 0.29) is 11.3 Å². The maximum absolute atomic E-state index is 13.1. The Labute approximate surface area is 123 Å². The van der Waals surface area contributed by atoms with Gasteiger partial charge in [0.2, 0.25) is 5.88 Å². The molecule has 0 saturated carbocycles. The molecule has 0 aliphatic rings. The molecule has 20 heavy (non-hydrogen) atoms. The van der Waals surface area contributed by atoms with E-state index in [1.54, 1.807) is 0 Å². The Morgan fingerprint density at radius 3 is 2.65 bits per heavy atom. The van der Waals surface area contributed by atoms with Gasteiger partial charge in [0.15, 0.2) is 0 Å². The molecule has 2 aromatic rings. The van der Waals surface area contributed by atoms with Gasteiger partial charge < -0.3 is 4.74 Å². The van der Waals surface area contributed by atoms with E-state index in [0.717, 1.165) is 11.8 Å². The predicted molar refractivity (Wildman–Crippen MR) is 79.0 cm³/mol. The molecule has 2 rings (SSSR count). The molecule has 1 heterocycles. The van der Waals surface area contributed by atoms with E-state index in [0.29, 0.717) is 17.2 Å². The number of aromatic nitrogens is 1. The van der Waals surface area contributed by atoms with E-state index in [4.69, 9.17) is 16.3 Å². The van der Waals surface area contributed by atoms with Crippen LogP contribution in [0.3, 0.4) is 0 Å². The zero-order valence-electron chi connectivity index (χ0n) is 11.8. The van der Waals surface area contributed by atoms with Crippen LogP contribution >= 0.6 is 11.6 Å². The molecule has 0 aliphatic carbocycles. The molecule has 0 amide bonds. The number of hydrogen-bond donors (Lipinski definition) is 0. The summed E-state index contributed by atoms with van der Waals surface area (Å²) in [6.07, 6.45) is 1.12. The fraction of sp³-hybridized carbons (Fsp3) is 0.312. The van der Waals surface area contributed by atoms with Crippen LogP contribution in [-0.2, 0) is 11.3 Å². The highest BCUT2D eigenvalue weighted by Crippen LogP contribution is 2.29. The first-order valence-corrected chi connectivity index (χ1v) is 6.92. The van der Waals surface area contributed by atoms with Crippen molar-refractivity contribution in [3.8, 4) is 11.6 Å². The standard InChI is InChI=1S/C16H17ClFNO/c1-16(2,3)12-5-4-6-14(8-12)20-15-11(9-17)7-13(18)10-19-15/h4-8,10H,9H2,1-3H3. The zero-order valence-corrected chi connectivity index (χ0v) is 12.5. The van der Waals surface area contributed by atoms with Crippen molar-refractivity contribution in [2.75, 3.05) is 0 Å². The number of benzene rings is 1. The average molecular weight is 294 g/mol. The zero-order chi connectivity index (χ0) is 14.8. The first kappa shape index (κ1) is 14.8. The molecule has 0 N–H and O–H groups in total. The summed E-state index contributed by atoms with van der Waals surface area (Å²) in [5.74, 6) is 0.741. The molecule has 0 unspecified atom stereocenters. The molecule has 0 spiro atoms. The van der Waals surface area contributed by atoms with Crippen molar-refractivity contribution in [2.45, 2.75) is 32.1 Å². The molecule has 1 aromatic heterocycles. The summed E-state index contributed by atoms with van der Waals surface area (Å²) in [5.41, 5.74) is 1.72. The number of pyridine rings is 1. The Bertz CT molecular complexity index is 608. The Kier molecular flexibility index (Phi) is 4.29. The first-order valence-electron chi connectivity index (χ1n) is 6.39. The molecule has 0 atom stereocenters. The number of hydrogen-bond acceptors (Lipinski definition) is 2. The fourth-order valence-electron chi connectivity index (χ4n) is 1.79. The van der Waals surface area contributed by atoms with Crippen LogP contribution in [0.4, 0.5) is 4.39 Å². The van der Waals surface area contributed by atoms with Gasteiger partial charge in [-0.1, -0.05) is 32.9 Å². The van der Waals surface area contributed by atoms with Gasteiger partial charge in [-0.05, 0) is 29.2 Å². The molecule has 0 radical (unpaired) electrons. The van der Waals surface area contributed by atoms with Crippen molar-refractivity contribution in [1.82, 2.24) is 4.98 Å². The summed E-state index contributed by atoms with van der Waals surface area (Å²) in [4.78, 5) is 3.95. The number of halogens is 2. The van der Waals surface area contributed by atoms with Crippen molar-refractivity contribution >= 4 is 11.6 Å². The van der Waals surface area contributed by atoms with Gasteiger partial charge in [0.25, 0.3) is 0 Å². The highest BCUT2D eigenvalue weighted by molar-refractivity contribution is 6.17. The van der Waals surface area contributed by atoms with E-state index in [2.05, 4.69) is 25.8 Å². The van der Waals surface area contributed by atoms with Crippen LogP contribution in [0.2, 0.25) is 0 Å². The first-order chi connectivity index (χ1) is 9.40. The monoisotopic (exact) mass is 293 g/mol. The topological polar surface area (TPSA) is 22.1 Å².